The van der Waals surface area contributed by atoms with Gasteiger partial charge in [0, 0.05) is 32.1 Å². The van der Waals surface area contributed by atoms with Gasteiger partial charge in [-0.1, -0.05) is 0 Å². The number of rotatable bonds is 10. The first-order valence-electron chi connectivity index (χ1n) is 15.4. The van der Waals surface area contributed by atoms with E-state index < -0.39 is 29.4 Å². The maximum atomic E-state index is 14.1. The minimum Gasteiger partial charge on any atom is -0.468 e. The summed E-state index contributed by atoms with van der Waals surface area (Å²) in [5.41, 5.74) is 0.743. The maximum absolute atomic E-state index is 14.1. The van der Waals surface area contributed by atoms with Gasteiger partial charge in [0.1, 0.15) is 5.60 Å². The second kappa shape index (κ2) is 11.5. The van der Waals surface area contributed by atoms with Crippen LogP contribution in [0, 0.1) is 17.8 Å². The number of ether oxygens (including phenoxy) is 1. The molecular formula is C30H37F4N7O4. The van der Waals surface area contributed by atoms with Gasteiger partial charge < -0.3 is 15.4 Å². The molecule has 0 unspecified atom stereocenters. The molecular weight excluding hydrogens is 598 g/mol. The summed E-state index contributed by atoms with van der Waals surface area (Å²) in [6, 6.07) is 0.701. The van der Waals surface area contributed by atoms with Crippen molar-refractivity contribution in [2.75, 3.05) is 0 Å². The van der Waals surface area contributed by atoms with Crippen LogP contribution in [0.25, 0.3) is 5.65 Å². The smallest absolute Gasteiger partial charge is 0.289 e. The molecule has 0 bridgehead atoms. The van der Waals surface area contributed by atoms with Gasteiger partial charge in [-0.25, -0.2) is 31.7 Å². The molecule has 0 spiro atoms. The number of fused-ring (bicyclic) bond motifs is 1. The minimum atomic E-state index is -2.77. The lowest BCUT2D eigenvalue weighted by Gasteiger charge is -2.34. The number of halogens is 4. The first-order valence-corrected chi connectivity index (χ1v) is 15.4. The molecule has 3 heterocycles. The molecule has 11 nitrogen and oxygen atoms in total. The summed E-state index contributed by atoms with van der Waals surface area (Å²) in [5.74, 6) is -6.94. The summed E-state index contributed by atoms with van der Waals surface area (Å²) in [6.07, 6.45) is 4.30. The second-order valence-corrected chi connectivity index (χ2v) is 13.8. The van der Waals surface area contributed by atoms with Crippen molar-refractivity contribution in [2.24, 2.45) is 17.8 Å². The standard InChI is InChI=1S/C30H37F4N7O4/c1-28(2,3)44-27-25(39-45-40-27)26(43)38-24(18-6-8-29(31,32)9-7-18)20-15-41-21(36-20)11-19(14-35-41)23(17-4-5-17)37-22(42)10-16-12-30(33,34)13-16/h11,14-18,23-24H,4-10,12-13H2,1-3H3,(H,37,42)(H,38,43)/t23-,24+/m1/s1. The molecule has 2 amide bonds. The second-order valence-electron chi connectivity index (χ2n) is 13.8. The zero-order chi connectivity index (χ0) is 32.1. The number of nitrogens with zero attached hydrogens (tertiary/aromatic N) is 5. The lowest BCUT2D eigenvalue weighted by atomic mass is 9.79. The number of nitrogens with one attached hydrogen (secondary N) is 2. The molecule has 3 fully saturated rings. The Morgan fingerprint density at radius 2 is 1.71 bits per heavy atom. The van der Waals surface area contributed by atoms with E-state index in [1.165, 1.54) is 4.52 Å². The first-order chi connectivity index (χ1) is 21.1. The van der Waals surface area contributed by atoms with Crippen LogP contribution >= 0.6 is 0 Å². The number of aromatic nitrogens is 5. The normalized spacial score (nSPS) is 21.6. The van der Waals surface area contributed by atoms with Crippen LogP contribution in [0.4, 0.5) is 17.6 Å². The summed E-state index contributed by atoms with van der Waals surface area (Å²) in [7, 11) is 0. The Balaban J connectivity index is 1.23. The van der Waals surface area contributed by atoms with Crippen LogP contribution < -0.4 is 15.4 Å². The van der Waals surface area contributed by atoms with Crippen LogP contribution in [0.2, 0.25) is 0 Å². The van der Waals surface area contributed by atoms with E-state index in [1.807, 2.05) is 0 Å². The third kappa shape index (κ3) is 7.38. The predicted molar refractivity (Wildman–Crippen MR) is 151 cm³/mol. The summed E-state index contributed by atoms with van der Waals surface area (Å²) in [5, 5.41) is 17.8. The third-order valence-corrected chi connectivity index (χ3v) is 8.69. The third-order valence-electron chi connectivity index (χ3n) is 8.69. The van der Waals surface area contributed by atoms with Gasteiger partial charge in [-0.3, -0.25) is 9.59 Å². The minimum absolute atomic E-state index is 0.0490. The van der Waals surface area contributed by atoms with Crippen molar-refractivity contribution in [3.63, 3.8) is 0 Å². The van der Waals surface area contributed by atoms with Crippen molar-refractivity contribution >= 4 is 17.5 Å². The fraction of sp³-hybridized carbons (Fsp3) is 0.667. The zero-order valence-electron chi connectivity index (χ0n) is 25.4. The Labute approximate surface area is 256 Å². The molecule has 2 N–H and O–H groups in total. The molecule has 0 aromatic carbocycles. The van der Waals surface area contributed by atoms with Crippen LogP contribution in [-0.2, 0) is 4.79 Å². The Bertz CT molecular complexity index is 1550. The number of carbonyl (C=O) groups excluding carboxylic acids is 2. The van der Waals surface area contributed by atoms with Crippen LogP contribution in [-0.4, -0.2) is 54.2 Å². The van der Waals surface area contributed by atoms with Crippen molar-refractivity contribution < 1.29 is 36.5 Å². The van der Waals surface area contributed by atoms with Crippen molar-refractivity contribution in [1.29, 1.82) is 0 Å². The van der Waals surface area contributed by atoms with Crippen LogP contribution in [0.1, 0.15) is 112 Å². The Morgan fingerprint density at radius 3 is 2.36 bits per heavy atom. The number of alkyl halides is 4. The van der Waals surface area contributed by atoms with E-state index in [4.69, 9.17) is 14.3 Å². The van der Waals surface area contributed by atoms with Crippen molar-refractivity contribution in [3.8, 4) is 5.88 Å². The van der Waals surface area contributed by atoms with Crippen molar-refractivity contribution in [2.45, 2.75) is 108 Å². The highest BCUT2D eigenvalue weighted by Gasteiger charge is 2.46. The van der Waals surface area contributed by atoms with Gasteiger partial charge >= 0.3 is 0 Å². The highest BCUT2D eigenvalue weighted by molar-refractivity contribution is 5.94. The fourth-order valence-electron chi connectivity index (χ4n) is 6.27. The fourth-order valence-corrected chi connectivity index (χ4v) is 6.27. The first kappa shape index (κ1) is 31.2. The summed E-state index contributed by atoms with van der Waals surface area (Å²) in [4.78, 5) is 30.9. The van der Waals surface area contributed by atoms with Gasteiger partial charge in [-0.15, -0.1) is 0 Å². The predicted octanol–water partition coefficient (Wildman–Crippen LogP) is 5.59. The van der Waals surface area contributed by atoms with Gasteiger partial charge in [-0.2, -0.15) is 5.10 Å². The van der Waals surface area contributed by atoms with Gasteiger partial charge in [0.05, 0.1) is 30.2 Å². The number of carbonyl (C=O) groups is 2. The summed E-state index contributed by atoms with van der Waals surface area (Å²) < 4.78 is 66.7. The van der Waals surface area contributed by atoms with E-state index in [-0.39, 0.29) is 86.2 Å². The molecule has 6 rings (SSSR count). The summed E-state index contributed by atoms with van der Waals surface area (Å²) >= 11 is 0. The van der Waals surface area contributed by atoms with Gasteiger partial charge in [-0.05, 0) is 86.2 Å². The lowest BCUT2D eigenvalue weighted by Crippen LogP contribution is -2.39. The van der Waals surface area contributed by atoms with Gasteiger partial charge in [0.25, 0.3) is 11.8 Å². The molecule has 45 heavy (non-hydrogen) atoms. The molecule has 15 heteroatoms. The highest BCUT2D eigenvalue weighted by Crippen LogP contribution is 2.45. The average molecular weight is 636 g/mol. The quantitative estimate of drug-likeness (QED) is 0.275. The molecule has 2 atom stereocenters. The monoisotopic (exact) mass is 635 g/mol. The zero-order valence-corrected chi connectivity index (χ0v) is 25.4. The average Bonchev–Trinajstić information content (AvgIpc) is 3.52. The number of amides is 2. The molecule has 3 saturated carbocycles. The SMILES string of the molecule is CC(C)(C)Oc1nonc1C(=O)N[C@H](c1cn2ncc([C@H](NC(=O)CC3CC(F)(F)C3)C3CC3)cc2n1)C1CCC(F)(F)CC1. The molecule has 0 saturated heterocycles. The van der Waals surface area contributed by atoms with E-state index in [9.17, 15) is 27.2 Å². The van der Waals surface area contributed by atoms with Gasteiger partial charge in [0.15, 0.2) is 5.65 Å². The Kier molecular flexibility index (Phi) is 8.00. The van der Waals surface area contributed by atoms with E-state index in [0.29, 0.717) is 11.3 Å². The number of hydrogen-bond acceptors (Lipinski definition) is 8. The van der Waals surface area contributed by atoms with Crippen LogP contribution in [0.5, 0.6) is 5.88 Å². The van der Waals surface area contributed by atoms with Crippen LogP contribution in [0.3, 0.4) is 0 Å². The topological polar surface area (TPSA) is 137 Å². The number of imidazole rings is 1. The van der Waals surface area contributed by atoms with Crippen LogP contribution in [0.15, 0.2) is 23.1 Å². The molecule has 244 valence electrons. The largest absolute Gasteiger partial charge is 0.468 e. The van der Waals surface area contributed by atoms with E-state index >= 15 is 0 Å². The molecule has 0 radical (unpaired) electrons. The molecule has 3 aliphatic rings. The maximum Gasteiger partial charge on any atom is 0.289 e. The Morgan fingerprint density at radius 1 is 1.02 bits per heavy atom. The highest BCUT2D eigenvalue weighted by atomic mass is 19.3. The van der Waals surface area contributed by atoms with Gasteiger partial charge in [0.2, 0.25) is 23.4 Å². The van der Waals surface area contributed by atoms with E-state index in [2.05, 4.69) is 26.0 Å². The molecule has 3 aliphatic carbocycles. The van der Waals surface area contributed by atoms with E-state index in [1.54, 1.807) is 39.2 Å². The van der Waals surface area contributed by atoms with Crippen molar-refractivity contribution in [3.05, 3.63) is 35.4 Å². The van der Waals surface area contributed by atoms with E-state index in [0.717, 1.165) is 18.4 Å². The molecule has 3 aromatic heterocycles. The lowest BCUT2D eigenvalue weighted by molar-refractivity contribution is -0.134. The van der Waals surface area contributed by atoms with Crippen molar-refractivity contribution in [1.82, 2.24) is 35.5 Å². The summed E-state index contributed by atoms with van der Waals surface area (Å²) in [6.45, 7) is 5.34. The Hall–Kier alpha value is -3.78. The number of hydrogen-bond donors (Lipinski definition) is 2. The molecule has 3 aromatic rings. The molecule has 0 aliphatic heterocycles.